The third kappa shape index (κ3) is 4.77. The maximum Gasteiger partial charge on any atom is 0.389 e. The summed E-state index contributed by atoms with van der Waals surface area (Å²) in [6, 6.07) is 17.9. The Labute approximate surface area is 129 Å². The van der Waals surface area contributed by atoms with Crippen LogP contribution < -0.4 is 0 Å². The van der Waals surface area contributed by atoms with E-state index in [0.717, 1.165) is 5.56 Å². The summed E-state index contributed by atoms with van der Waals surface area (Å²) in [7, 11) is 0. The molecule has 0 unspecified atom stereocenters. The summed E-state index contributed by atoms with van der Waals surface area (Å²) in [6.07, 6.45) is 1.28. The molecular weight excluding hydrogens is 276 g/mol. The van der Waals surface area contributed by atoms with Gasteiger partial charge in [-0.2, -0.15) is 0 Å². The Hall–Kier alpha value is -3.12. The van der Waals surface area contributed by atoms with Crippen LogP contribution >= 0.6 is 0 Å². The zero-order valence-corrected chi connectivity index (χ0v) is 12.1. The second-order valence-corrected chi connectivity index (χ2v) is 4.49. The van der Waals surface area contributed by atoms with Gasteiger partial charge >= 0.3 is 5.97 Å². The predicted octanol–water partition coefficient (Wildman–Crippen LogP) is 3.37. The third-order valence-electron chi connectivity index (χ3n) is 2.73. The van der Waals surface area contributed by atoms with Crippen LogP contribution in [0.4, 0.5) is 0 Å². The Kier molecular flexibility index (Phi) is 5.28. The Balaban J connectivity index is 1.98. The Morgan fingerprint density at radius 3 is 2.18 bits per heavy atom. The Morgan fingerprint density at radius 2 is 1.55 bits per heavy atom. The SMILES string of the molecule is C/C(=C\C(=O)c1ccccc1)OC(=O)C#Cc1ccccc1. The van der Waals surface area contributed by atoms with E-state index in [9.17, 15) is 9.59 Å². The molecule has 3 heteroatoms. The maximum absolute atomic E-state index is 11.9. The first-order valence-corrected chi connectivity index (χ1v) is 6.72. The first kappa shape index (κ1) is 15.3. The van der Waals surface area contributed by atoms with Gasteiger partial charge in [-0.15, -0.1) is 0 Å². The van der Waals surface area contributed by atoms with E-state index in [2.05, 4.69) is 11.8 Å². The fourth-order valence-electron chi connectivity index (χ4n) is 1.72. The molecule has 0 atom stereocenters. The highest BCUT2D eigenvalue weighted by Gasteiger charge is 2.05. The van der Waals surface area contributed by atoms with Gasteiger partial charge in [-0.25, -0.2) is 4.79 Å². The quantitative estimate of drug-likeness (QED) is 0.286. The van der Waals surface area contributed by atoms with Gasteiger partial charge < -0.3 is 4.74 Å². The number of esters is 1. The molecule has 0 amide bonds. The van der Waals surface area contributed by atoms with E-state index in [1.54, 1.807) is 43.3 Å². The first-order valence-electron chi connectivity index (χ1n) is 6.72. The third-order valence-corrected chi connectivity index (χ3v) is 2.73. The van der Waals surface area contributed by atoms with E-state index in [4.69, 9.17) is 4.74 Å². The molecule has 0 aliphatic heterocycles. The van der Waals surface area contributed by atoms with Crippen molar-refractivity contribution < 1.29 is 14.3 Å². The van der Waals surface area contributed by atoms with Crippen LogP contribution in [-0.4, -0.2) is 11.8 Å². The van der Waals surface area contributed by atoms with Gasteiger partial charge in [-0.1, -0.05) is 54.5 Å². The van der Waals surface area contributed by atoms with Crippen LogP contribution in [0.25, 0.3) is 0 Å². The zero-order chi connectivity index (χ0) is 15.8. The number of rotatable bonds is 3. The van der Waals surface area contributed by atoms with Gasteiger partial charge in [0.1, 0.15) is 5.76 Å². The van der Waals surface area contributed by atoms with Crippen LogP contribution in [-0.2, 0) is 9.53 Å². The molecule has 22 heavy (non-hydrogen) atoms. The Bertz CT molecular complexity index is 748. The van der Waals surface area contributed by atoms with Crippen LogP contribution in [0, 0.1) is 11.8 Å². The van der Waals surface area contributed by atoms with Gasteiger partial charge in [0.15, 0.2) is 5.78 Å². The molecule has 108 valence electrons. The standard InChI is InChI=1S/C19H14O3/c1-15(14-18(20)17-10-6-3-7-11-17)22-19(21)13-12-16-8-4-2-5-9-16/h2-11,14H,1H3/b15-14+. The molecular formula is C19H14O3. The van der Waals surface area contributed by atoms with Crippen LogP contribution in [0.1, 0.15) is 22.8 Å². The van der Waals surface area contributed by atoms with Crippen LogP contribution in [0.3, 0.4) is 0 Å². The lowest BCUT2D eigenvalue weighted by atomic mass is 10.1. The smallest absolute Gasteiger partial charge is 0.389 e. The number of allylic oxidation sites excluding steroid dienone is 2. The second kappa shape index (κ2) is 7.61. The highest BCUT2D eigenvalue weighted by atomic mass is 16.5. The number of ketones is 1. The summed E-state index contributed by atoms with van der Waals surface area (Å²) >= 11 is 0. The molecule has 0 heterocycles. The van der Waals surface area contributed by atoms with Crippen LogP contribution in [0.2, 0.25) is 0 Å². The summed E-state index contributed by atoms with van der Waals surface area (Å²) in [5.74, 6) is 4.37. The van der Waals surface area contributed by atoms with E-state index in [1.165, 1.54) is 6.08 Å². The molecule has 0 fully saturated rings. The van der Waals surface area contributed by atoms with Crippen molar-refractivity contribution in [3.05, 3.63) is 83.6 Å². The molecule has 0 aromatic heterocycles. The minimum absolute atomic E-state index is 0.209. The van der Waals surface area contributed by atoms with Gasteiger partial charge in [-0.05, 0) is 19.1 Å². The average molecular weight is 290 g/mol. The van der Waals surface area contributed by atoms with Crippen molar-refractivity contribution in [2.45, 2.75) is 6.92 Å². The fraction of sp³-hybridized carbons (Fsp3) is 0.0526. The van der Waals surface area contributed by atoms with E-state index in [1.807, 2.05) is 24.3 Å². The monoisotopic (exact) mass is 290 g/mol. The van der Waals surface area contributed by atoms with Gasteiger partial charge in [0, 0.05) is 23.1 Å². The summed E-state index contributed by atoms with van der Waals surface area (Å²) in [4.78, 5) is 23.5. The minimum Gasteiger partial charge on any atom is -0.422 e. The number of carbonyl (C=O) groups excluding carboxylic acids is 2. The molecule has 0 N–H and O–H groups in total. The molecule has 0 spiro atoms. The van der Waals surface area contributed by atoms with Gasteiger partial charge in [0.05, 0.1) is 0 Å². The molecule has 0 aliphatic carbocycles. The molecule has 2 rings (SSSR count). The van der Waals surface area contributed by atoms with Gasteiger partial charge in [0.25, 0.3) is 0 Å². The van der Waals surface area contributed by atoms with Crippen molar-refractivity contribution in [2.75, 3.05) is 0 Å². The molecule has 3 nitrogen and oxygen atoms in total. The average Bonchev–Trinajstić information content (AvgIpc) is 2.54. The topological polar surface area (TPSA) is 43.4 Å². The largest absolute Gasteiger partial charge is 0.422 e. The van der Waals surface area contributed by atoms with Crippen molar-refractivity contribution in [3.8, 4) is 11.8 Å². The summed E-state index contributed by atoms with van der Waals surface area (Å²) < 4.78 is 4.99. The normalized spacial score (nSPS) is 10.3. The van der Waals surface area contributed by atoms with Crippen molar-refractivity contribution in [1.82, 2.24) is 0 Å². The second-order valence-electron chi connectivity index (χ2n) is 4.49. The van der Waals surface area contributed by atoms with Crippen molar-refractivity contribution in [1.29, 1.82) is 0 Å². The zero-order valence-electron chi connectivity index (χ0n) is 12.1. The minimum atomic E-state index is -0.696. The molecule has 2 aromatic carbocycles. The van der Waals surface area contributed by atoms with E-state index in [0.29, 0.717) is 5.56 Å². The highest BCUT2D eigenvalue weighted by Crippen LogP contribution is 2.05. The number of hydrogen-bond donors (Lipinski definition) is 0. The van der Waals surface area contributed by atoms with Crippen LogP contribution in [0.5, 0.6) is 0 Å². The van der Waals surface area contributed by atoms with Gasteiger partial charge in [-0.3, -0.25) is 4.79 Å². The van der Waals surface area contributed by atoms with Crippen molar-refractivity contribution >= 4 is 11.8 Å². The number of benzene rings is 2. The van der Waals surface area contributed by atoms with Gasteiger partial charge in [0.2, 0.25) is 0 Å². The van der Waals surface area contributed by atoms with Crippen LogP contribution in [0.15, 0.2) is 72.5 Å². The predicted molar refractivity (Wildman–Crippen MR) is 83.9 cm³/mol. The summed E-state index contributed by atoms with van der Waals surface area (Å²) in [5.41, 5.74) is 1.26. The Morgan fingerprint density at radius 1 is 0.955 bits per heavy atom. The highest BCUT2D eigenvalue weighted by molar-refractivity contribution is 6.05. The molecule has 2 aromatic rings. The lowest BCUT2D eigenvalue weighted by Crippen LogP contribution is -2.02. The summed E-state index contributed by atoms with van der Waals surface area (Å²) in [6.45, 7) is 1.54. The van der Waals surface area contributed by atoms with E-state index in [-0.39, 0.29) is 11.5 Å². The fourth-order valence-corrected chi connectivity index (χ4v) is 1.72. The molecule has 0 bridgehead atoms. The molecule has 0 aliphatic rings. The molecule has 0 saturated carbocycles. The number of carbonyl (C=O) groups is 2. The molecule has 0 radical (unpaired) electrons. The van der Waals surface area contributed by atoms with Crippen molar-refractivity contribution in [3.63, 3.8) is 0 Å². The lowest BCUT2D eigenvalue weighted by Gasteiger charge is -2.00. The summed E-state index contributed by atoms with van der Waals surface area (Å²) in [5, 5.41) is 0. The number of ether oxygens (including phenoxy) is 1. The molecule has 0 saturated heterocycles. The van der Waals surface area contributed by atoms with E-state index < -0.39 is 5.97 Å². The van der Waals surface area contributed by atoms with E-state index >= 15 is 0 Å². The maximum atomic E-state index is 11.9. The first-order chi connectivity index (χ1) is 10.6. The van der Waals surface area contributed by atoms with Crippen molar-refractivity contribution in [2.24, 2.45) is 0 Å². The number of hydrogen-bond acceptors (Lipinski definition) is 3. The lowest BCUT2D eigenvalue weighted by molar-refractivity contribution is -0.132.